The number of phosphoric acid groups is 1. The molecule has 0 fully saturated rings. The molecule has 0 aromatic carbocycles. The summed E-state index contributed by atoms with van der Waals surface area (Å²) in [5.41, 5.74) is 0. The molecule has 46 heavy (non-hydrogen) atoms. The van der Waals surface area contributed by atoms with Gasteiger partial charge in [-0.05, 0) is 12.8 Å². The second-order valence-corrected chi connectivity index (χ2v) is 14.0. The highest BCUT2D eigenvalue weighted by molar-refractivity contribution is 7.47. The van der Waals surface area contributed by atoms with Gasteiger partial charge in [-0.2, -0.15) is 0 Å². The number of esters is 2. The van der Waals surface area contributed by atoms with Gasteiger partial charge in [0.05, 0.1) is 39.9 Å². The van der Waals surface area contributed by atoms with E-state index in [-0.39, 0.29) is 12.8 Å². The van der Waals surface area contributed by atoms with Gasteiger partial charge in [0.1, 0.15) is 19.8 Å². The van der Waals surface area contributed by atoms with Gasteiger partial charge in [0, 0.05) is 12.8 Å². The molecule has 0 spiro atoms. The van der Waals surface area contributed by atoms with Gasteiger partial charge in [0.25, 0.3) is 0 Å². The number of hydrogen-bond acceptors (Lipinski definition) is 7. The summed E-state index contributed by atoms with van der Waals surface area (Å²) in [6.07, 6.45) is 23.3. The zero-order valence-corrected chi connectivity index (χ0v) is 30.0. The molecule has 0 aliphatic carbocycles. The van der Waals surface area contributed by atoms with Crippen LogP contribution < -0.4 is 0 Å². The van der Waals surface area contributed by atoms with E-state index in [0.29, 0.717) is 12.8 Å². The smallest absolute Gasteiger partial charge is 0.462 e. The molecular formula is C36H73NO8P+. The number of nitrogens with zero attached hydrogens (tertiary/aromatic N) is 1. The van der Waals surface area contributed by atoms with E-state index in [1.807, 2.05) is 0 Å². The van der Waals surface area contributed by atoms with E-state index in [2.05, 4.69) is 13.8 Å². The maximum absolute atomic E-state index is 12.7. The van der Waals surface area contributed by atoms with Crippen LogP contribution >= 0.6 is 7.82 Å². The first-order valence-electron chi connectivity index (χ1n) is 22.6. The minimum absolute atomic E-state index is 0.0762. The minimum Gasteiger partial charge on any atom is -0.462 e. The first kappa shape index (κ1) is 31.0. The van der Waals surface area contributed by atoms with Crippen LogP contribution in [0.2, 0.25) is 0 Å². The van der Waals surface area contributed by atoms with Crippen molar-refractivity contribution >= 4 is 19.8 Å². The third kappa shape index (κ3) is 32.9. The highest BCUT2D eigenvalue weighted by atomic mass is 31.2. The molecule has 0 amide bonds. The lowest BCUT2D eigenvalue weighted by atomic mass is 10.1. The minimum atomic E-state index is -5.06. The van der Waals surface area contributed by atoms with E-state index in [1.165, 1.54) is 83.5 Å². The highest BCUT2D eigenvalue weighted by Crippen LogP contribution is 2.43. The maximum Gasteiger partial charge on any atom is 0.472 e. The van der Waals surface area contributed by atoms with E-state index >= 15 is 0 Å². The van der Waals surface area contributed by atoms with Crippen LogP contribution in [0.15, 0.2) is 0 Å². The topological polar surface area (TPSA) is 108 Å². The monoisotopic (exact) mass is 688 g/mol. The average Bonchev–Trinajstić information content (AvgIpc) is 3.07. The lowest BCUT2D eigenvalue weighted by Crippen LogP contribution is -2.37. The van der Waals surface area contributed by atoms with Crippen molar-refractivity contribution in [3.63, 3.8) is 0 Å². The van der Waals surface area contributed by atoms with Gasteiger partial charge < -0.3 is 18.9 Å². The number of likely N-dealkylation sites (N-methyl/N-ethyl adjacent to an activating group) is 1. The van der Waals surface area contributed by atoms with Gasteiger partial charge in [0.15, 0.2) is 6.10 Å². The fourth-order valence-electron chi connectivity index (χ4n) is 4.99. The fraction of sp³-hybridized carbons (Fsp3) is 0.944. The molecular weight excluding hydrogens is 605 g/mol. The lowest BCUT2D eigenvalue weighted by Gasteiger charge is -2.24. The average molecular weight is 688 g/mol. The quantitative estimate of drug-likeness (QED) is 0.0308. The van der Waals surface area contributed by atoms with Gasteiger partial charge in [-0.1, -0.05) is 142 Å². The summed E-state index contributed by atoms with van der Waals surface area (Å²) >= 11 is 0. The summed E-state index contributed by atoms with van der Waals surface area (Å²) < 4.78 is 100.0. The van der Waals surface area contributed by atoms with Gasteiger partial charge in [-0.3, -0.25) is 18.6 Å². The summed E-state index contributed by atoms with van der Waals surface area (Å²) in [6.45, 7) is -9.80. The highest BCUT2D eigenvalue weighted by Gasteiger charge is 2.27. The van der Waals surface area contributed by atoms with E-state index < -0.39 is 77.6 Å². The van der Waals surface area contributed by atoms with Crippen LogP contribution in [0.1, 0.15) is 180 Å². The van der Waals surface area contributed by atoms with E-state index in [1.54, 1.807) is 0 Å². The number of ether oxygens (including phenoxy) is 2. The Hall–Kier alpha value is -0.990. The van der Waals surface area contributed by atoms with Crippen molar-refractivity contribution in [3.8, 4) is 0 Å². The molecule has 0 radical (unpaired) electrons. The van der Waals surface area contributed by atoms with Gasteiger partial charge >= 0.3 is 19.8 Å². The second kappa shape index (κ2) is 30.1. The van der Waals surface area contributed by atoms with Crippen LogP contribution in [-0.4, -0.2) is 74.7 Å². The number of hydrogen-bond donors (Lipinski definition) is 1. The van der Waals surface area contributed by atoms with Crippen LogP contribution in [0.25, 0.3) is 0 Å². The number of carbonyl (C=O) groups excluding carboxylic acids is 2. The Morgan fingerprint density at radius 1 is 0.630 bits per heavy atom. The predicted molar refractivity (Wildman–Crippen MR) is 188 cm³/mol. The Balaban J connectivity index is 5.07. The maximum atomic E-state index is 12.7. The van der Waals surface area contributed by atoms with Crippen molar-refractivity contribution in [1.82, 2.24) is 0 Å². The zero-order chi connectivity index (χ0) is 41.9. The van der Waals surface area contributed by atoms with Gasteiger partial charge in [-0.25, -0.2) is 4.57 Å². The SMILES string of the molecule is [2H]C([2H])([2H])[N+](CCOP(=O)(O)OC[C@@H](COC(=O)CCCCCCCCCCCCC)OC(=O)CCCCCCCCCCCCC)(C([2H])([2H])[2H])C([2H])([2H])[2H]. The third-order valence-corrected chi connectivity index (χ3v) is 8.79. The molecule has 274 valence electrons. The molecule has 0 bridgehead atoms. The summed E-state index contributed by atoms with van der Waals surface area (Å²) in [5, 5.41) is 0. The number of carbonyl (C=O) groups is 2. The van der Waals surface area contributed by atoms with Gasteiger partial charge in [-0.15, -0.1) is 0 Å². The fourth-order valence-corrected chi connectivity index (χ4v) is 5.74. The molecule has 1 unspecified atom stereocenters. The van der Waals surface area contributed by atoms with E-state index in [0.717, 1.165) is 44.9 Å². The van der Waals surface area contributed by atoms with Crippen molar-refractivity contribution in [2.75, 3.05) is 47.3 Å². The van der Waals surface area contributed by atoms with E-state index in [4.69, 9.17) is 30.9 Å². The van der Waals surface area contributed by atoms with Crippen molar-refractivity contribution in [2.24, 2.45) is 0 Å². The Bertz CT molecular complexity index is 1030. The molecule has 0 aliphatic heterocycles. The predicted octanol–water partition coefficient (Wildman–Crippen LogP) is 9.68. The Morgan fingerprint density at radius 2 is 1.04 bits per heavy atom. The molecule has 0 aromatic rings. The molecule has 10 heteroatoms. The number of phosphoric ester groups is 1. The Labute approximate surface area is 295 Å². The summed E-state index contributed by atoms with van der Waals surface area (Å²) in [5.74, 6) is -1.14. The summed E-state index contributed by atoms with van der Waals surface area (Å²) in [6, 6.07) is 0. The molecule has 1 N–H and O–H groups in total. The van der Waals surface area contributed by atoms with E-state index in [9.17, 15) is 19.0 Å². The second-order valence-electron chi connectivity index (χ2n) is 12.5. The molecule has 0 heterocycles. The van der Waals surface area contributed by atoms with Crippen LogP contribution in [0, 0.1) is 0 Å². The van der Waals surface area contributed by atoms with Gasteiger partial charge in [0.2, 0.25) is 0 Å². The zero-order valence-electron chi connectivity index (χ0n) is 38.1. The molecule has 2 atom stereocenters. The molecule has 0 aromatic heterocycles. The summed E-state index contributed by atoms with van der Waals surface area (Å²) in [4.78, 5) is 35.5. The Morgan fingerprint density at radius 3 is 1.48 bits per heavy atom. The molecule has 0 saturated heterocycles. The van der Waals surface area contributed by atoms with Crippen molar-refractivity contribution in [2.45, 2.75) is 174 Å². The molecule has 0 rings (SSSR count). The Kier molecular flexibility index (Phi) is 20.3. The largest absolute Gasteiger partial charge is 0.472 e. The number of quaternary nitrogens is 1. The molecule has 9 nitrogen and oxygen atoms in total. The number of unbranched alkanes of at least 4 members (excludes halogenated alkanes) is 20. The summed E-state index contributed by atoms with van der Waals surface area (Å²) in [7, 11) is -5.06. The van der Waals surface area contributed by atoms with Crippen molar-refractivity contribution in [3.05, 3.63) is 0 Å². The standard InChI is InChI=1S/C36H72NO8P/c1-6-8-10-12-14-16-18-20-22-24-26-28-35(38)42-32-34(33-44-46(40,41)43-31-30-37(3,4)5)45-36(39)29-27-25-23-21-19-17-15-13-11-9-7-2/h34H,6-33H2,1-5H3/p+1/t34-/m1/s1/i3D3,4D3,5D3. The van der Waals surface area contributed by atoms with Crippen LogP contribution in [-0.2, 0) is 32.7 Å². The van der Waals surface area contributed by atoms with Crippen LogP contribution in [0.5, 0.6) is 0 Å². The van der Waals surface area contributed by atoms with Crippen LogP contribution in [0.3, 0.4) is 0 Å². The lowest BCUT2D eigenvalue weighted by molar-refractivity contribution is -0.870. The van der Waals surface area contributed by atoms with Crippen molar-refractivity contribution < 1.29 is 54.4 Å². The third-order valence-electron chi connectivity index (χ3n) is 7.80. The normalized spacial score (nSPS) is 17.5. The van der Waals surface area contributed by atoms with Crippen LogP contribution in [0.4, 0.5) is 0 Å². The first-order valence-corrected chi connectivity index (χ1v) is 19.6. The molecule has 0 aliphatic rings. The number of rotatable bonds is 34. The van der Waals surface area contributed by atoms with Crippen molar-refractivity contribution in [1.29, 1.82) is 0 Å². The first-order chi connectivity index (χ1) is 25.7. The molecule has 0 saturated carbocycles.